The van der Waals surface area contributed by atoms with Crippen LogP contribution in [0.15, 0.2) is 30.3 Å². The van der Waals surface area contributed by atoms with E-state index in [2.05, 4.69) is 41.3 Å². The van der Waals surface area contributed by atoms with Crippen molar-refractivity contribution in [2.45, 2.75) is 20.8 Å². The predicted octanol–water partition coefficient (Wildman–Crippen LogP) is 2.74. The first-order valence-electron chi connectivity index (χ1n) is 5.92. The van der Waals surface area contributed by atoms with Crippen molar-refractivity contribution in [3.63, 3.8) is 0 Å². The maximum atomic E-state index is 4.48. The number of hydrogen-bond acceptors (Lipinski definition) is 3. The molecule has 2 heterocycles. The van der Waals surface area contributed by atoms with Crippen molar-refractivity contribution in [2.24, 2.45) is 0 Å². The largest absolute Gasteiger partial charge is 0.234 e. The predicted molar refractivity (Wildman–Crippen MR) is 70.9 cm³/mol. The molecule has 0 unspecified atom stereocenters. The first-order valence-corrected chi connectivity index (χ1v) is 5.92. The highest BCUT2D eigenvalue weighted by molar-refractivity contribution is 5.77. The monoisotopic (exact) mass is 238 g/mol. The molecule has 0 aliphatic carbocycles. The molecule has 0 fully saturated rings. The Hall–Kier alpha value is -2.23. The van der Waals surface area contributed by atoms with Crippen LogP contribution in [0, 0.1) is 20.8 Å². The molecule has 90 valence electrons. The minimum atomic E-state index is 0.806. The Morgan fingerprint density at radius 2 is 1.78 bits per heavy atom. The molecule has 0 saturated carbocycles. The van der Waals surface area contributed by atoms with Crippen molar-refractivity contribution < 1.29 is 0 Å². The van der Waals surface area contributed by atoms with Gasteiger partial charge in [0, 0.05) is 5.69 Å². The van der Waals surface area contributed by atoms with Crippen molar-refractivity contribution in [1.82, 2.24) is 20.0 Å². The summed E-state index contributed by atoms with van der Waals surface area (Å²) in [5.41, 5.74) is 5.34. The second-order valence-corrected chi connectivity index (χ2v) is 4.56. The van der Waals surface area contributed by atoms with Crippen molar-refractivity contribution in [3.8, 4) is 5.82 Å². The lowest BCUT2D eigenvalue weighted by Gasteiger charge is -2.03. The molecule has 4 heteroatoms. The second-order valence-electron chi connectivity index (χ2n) is 4.56. The lowest BCUT2D eigenvalue weighted by atomic mass is 10.1. The summed E-state index contributed by atoms with van der Waals surface area (Å²) in [6, 6.07) is 10.1. The van der Waals surface area contributed by atoms with E-state index >= 15 is 0 Å². The van der Waals surface area contributed by atoms with Gasteiger partial charge in [-0.3, -0.25) is 0 Å². The molecule has 0 amide bonds. The minimum absolute atomic E-state index is 0.806. The Kier molecular flexibility index (Phi) is 2.37. The maximum Gasteiger partial charge on any atom is 0.156 e. The zero-order valence-electron chi connectivity index (χ0n) is 10.7. The highest BCUT2D eigenvalue weighted by Crippen LogP contribution is 2.19. The highest BCUT2D eigenvalue weighted by Gasteiger charge is 2.09. The van der Waals surface area contributed by atoms with E-state index in [0.717, 1.165) is 22.5 Å². The molecule has 3 rings (SSSR count). The van der Waals surface area contributed by atoms with E-state index < -0.39 is 0 Å². The summed E-state index contributed by atoms with van der Waals surface area (Å²) in [5.74, 6) is 0.806. The van der Waals surface area contributed by atoms with Gasteiger partial charge in [0.2, 0.25) is 0 Å². The van der Waals surface area contributed by atoms with E-state index in [1.165, 1.54) is 11.1 Å². The number of fused-ring (bicyclic) bond motifs is 1. The molecular formula is C14H14N4. The number of rotatable bonds is 1. The first kappa shape index (κ1) is 10.9. The van der Waals surface area contributed by atoms with Crippen molar-refractivity contribution in [2.75, 3.05) is 0 Å². The van der Waals surface area contributed by atoms with Gasteiger partial charge in [-0.05, 0) is 56.2 Å². The molecule has 18 heavy (non-hydrogen) atoms. The molecule has 0 atom stereocenters. The summed E-state index contributed by atoms with van der Waals surface area (Å²) in [6.07, 6.45) is 0. The zero-order chi connectivity index (χ0) is 12.7. The summed E-state index contributed by atoms with van der Waals surface area (Å²) in [4.78, 5) is 4.48. The Labute approximate surface area is 105 Å². The molecule has 3 aromatic rings. The summed E-state index contributed by atoms with van der Waals surface area (Å²) < 4.78 is 1.79. The zero-order valence-corrected chi connectivity index (χ0v) is 10.7. The van der Waals surface area contributed by atoms with Crippen LogP contribution in [0.3, 0.4) is 0 Å². The van der Waals surface area contributed by atoms with E-state index in [1.54, 1.807) is 4.68 Å². The molecule has 0 bridgehead atoms. The number of nitrogens with zero attached hydrogens (tertiary/aromatic N) is 4. The third kappa shape index (κ3) is 1.66. The summed E-state index contributed by atoms with van der Waals surface area (Å²) in [7, 11) is 0. The van der Waals surface area contributed by atoms with Crippen molar-refractivity contribution in [3.05, 3.63) is 47.2 Å². The number of aromatic nitrogens is 4. The van der Waals surface area contributed by atoms with E-state index in [-0.39, 0.29) is 0 Å². The smallest absolute Gasteiger partial charge is 0.156 e. The quantitative estimate of drug-likeness (QED) is 0.654. The fraction of sp³-hybridized carbons (Fsp3) is 0.214. The number of hydrogen-bond donors (Lipinski definition) is 0. The Bertz CT molecular complexity index is 728. The van der Waals surface area contributed by atoms with Crippen LogP contribution in [0.2, 0.25) is 0 Å². The Morgan fingerprint density at radius 3 is 2.56 bits per heavy atom. The fourth-order valence-electron chi connectivity index (χ4n) is 1.99. The van der Waals surface area contributed by atoms with E-state index in [0.29, 0.717) is 0 Å². The van der Waals surface area contributed by atoms with Crippen LogP contribution in [0.25, 0.3) is 16.9 Å². The van der Waals surface area contributed by atoms with Crippen molar-refractivity contribution in [1.29, 1.82) is 0 Å². The normalized spacial score (nSPS) is 11.1. The van der Waals surface area contributed by atoms with Crippen LogP contribution in [0.4, 0.5) is 0 Å². The maximum absolute atomic E-state index is 4.48. The topological polar surface area (TPSA) is 43.6 Å². The van der Waals surface area contributed by atoms with Gasteiger partial charge in [0.25, 0.3) is 0 Å². The number of benzene rings is 1. The third-order valence-electron chi connectivity index (χ3n) is 3.15. The van der Waals surface area contributed by atoms with Crippen LogP contribution >= 0.6 is 0 Å². The second kappa shape index (κ2) is 3.91. The molecule has 0 N–H and O–H groups in total. The van der Waals surface area contributed by atoms with Crippen molar-refractivity contribution >= 4 is 11.0 Å². The Balaban J connectivity index is 2.27. The summed E-state index contributed by atoms with van der Waals surface area (Å²) in [6.45, 7) is 6.15. The number of aryl methyl sites for hydroxylation is 3. The SMILES string of the molecule is Cc1cccc(-n2nnc3cc(C)c(C)cc32)n1. The molecular weight excluding hydrogens is 224 g/mol. The molecule has 0 radical (unpaired) electrons. The van der Waals surface area contributed by atoms with Gasteiger partial charge >= 0.3 is 0 Å². The highest BCUT2D eigenvalue weighted by atomic mass is 15.4. The average molecular weight is 238 g/mol. The molecule has 0 saturated heterocycles. The van der Waals surface area contributed by atoms with E-state index in [1.807, 2.05) is 25.1 Å². The minimum Gasteiger partial charge on any atom is -0.234 e. The van der Waals surface area contributed by atoms with Gasteiger partial charge in [0.05, 0.1) is 5.52 Å². The number of pyridine rings is 1. The average Bonchev–Trinajstić information content (AvgIpc) is 2.73. The van der Waals surface area contributed by atoms with Gasteiger partial charge in [0.1, 0.15) is 5.52 Å². The molecule has 1 aromatic carbocycles. The van der Waals surface area contributed by atoms with Crippen LogP contribution in [-0.2, 0) is 0 Å². The first-order chi connectivity index (χ1) is 8.65. The van der Waals surface area contributed by atoms with Crippen LogP contribution in [-0.4, -0.2) is 20.0 Å². The van der Waals surface area contributed by atoms with E-state index in [9.17, 15) is 0 Å². The summed E-state index contributed by atoms with van der Waals surface area (Å²) in [5, 5.41) is 8.39. The third-order valence-corrected chi connectivity index (χ3v) is 3.15. The fourth-order valence-corrected chi connectivity index (χ4v) is 1.99. The lowest BCUT2D eigenvalue weighted by Crippen LogP contribution is -2.00. The van der Waals surface area contributed by atoms with Crippen LogP contribution in [0.1, 0.15) is 16.8 Å². The molecule has 4 nitrogen and oxygen atoms in total. The molecule has 0 aliphatic heterocycles. The Morgan fingerprint density at radius 1 is 1.00 bits per heavy atom. The van der Waals surface area contributed by atoms with Crippen LogP contribution < -0.4 is 0 Å². The van der Waals surface area contributed by atoms with Gasteiger partial charge in [0.15, 0.2) is 5.82 Å². The van der Waals surface area contributed by atoms with E-state index in [4.69, 9.17) is 0 Å². The van der Waals surface area contributed by atoms with Gasteiger partial charge in [-0.2, -0.15) is 4.68 Å². The van der Waals surface area contributed by atoms with Crippen LogP contribution in [0.5, 0.6) is 0 Å². The van der Waals surface area contributed by atoms with Gasteiger partial charge in [-0.25, -0.2) is 4.98 Å². The van der Waals surface area contributed by atoms with Gasteiger partial charge < -0.3 is 0 Å². The lowest BCUT2D eigenvalue weighted by molar-refractivity contribution is 0.797. The standard InChI is InChI=1S/C14H14N4/c1-9-7-12-13(8-10(9)2)18(17-16-12)14-6-4-5-11(3)15-14/h4-8H,1-3H3. The molecule has 0 spiro atoms. The summed E-state index contributed by atoms with van der Waals surface area (Å²) >= 11 is 0. The van der Waals surface area contributed by atoms with Gasteiger partial charge in [-0.1, -0.05) is 11.3 Å². The molecule has 2 aromatic heterocycles. The molecule has 0 aliphatic rings. The van der Waals surface area contributed by atoms with Gasteiger partial charge in [-0.15, -0.1) is 5.10 Å².